The lowest BCUT2D eigenvalue weighted by molar-refractivity contribution is -0.119. The van der Waals surface area contributed by atoms with Crippen LogP contribution in [0.1, 0.15) is 37.7 Å². The fourth-order valence-electron chi connectivity index (χ4n) is 3.02. The van der Waals surface area contributed by atoms with Crippen molar-refractivity contribution in [2.45, 2.75) is 43.1 Å². The van der Waals surface area contributed by atoms with E-state index < -0.39 is 6.10 Å². The van der Waals surface area contributed by atoms with Gasteiger partial charge in [0, 0.05) is 6.04 Å². The number of hydrogen-bond donors (Lipinski definition) is 1. The number of fused-ring (bicyclic) bond motifs is 1. The Labute approximate surface area is 149 Å². The maximum Gasteiger partial charge on any atom is 0.277 e. The van der Waals surface area contributed by atoms with E-state index in [2.05, 4.69) is 15.5 Å². The molecule has 1 amide bonds. The van der Waals surface area contributed by atoms with Crippen LogP contribution < -0.4 is 14.8 Å². The van der Waals surface area contributed by atoms with E-state index in [1.165, 1.54) is 24.6 Å². The zero-order valence-electron chi connectivity index (χ0n) is 13.6. The summed E-state index contributed by atoms with van der Waals surface area (Å²) in [6, 6.07) is 7.77. The van der Waals surface area contributed by atoms with Gasteiger partial charge in [0.2, 0.25) is 12.0 Å². The van der Waals surface area contributed by atoms with Gasteiger partial charge in [-0.2, -0.15) is 0 Å². The van der Waals surface area contributed by atoms with Crippen LogP contribution in [0.3, 0.4) is 0 Å². The second-order valence-corrected chi connectivity index (χ2v) is 7.03. The summed E-state index contributed by atoms with van der Waals surface area (Å²) >= 11 is 1.23. The third-order valence-corrected chi connectivity index (χ3v) is 5.07. The van der Waals surface area contributed by atoms with Gasteiger partial charge in [0.05, 0.1) is 5.75 Å². The molecule has 132 valence electrons. The number of carbonyl (C=O) groups is 1. The number of benzene rings is 1. The molecule has 0 spiro atoms. The van der Waals surface area contributed by atoms with Crippen LogP contribution in [-0.2, 0) is 4.79 Å². The van der Waals surface area contributed by atoms with E-state index in [1.807, 2.05) is 24.3 Å². The van der Waals surface area contributed by atoms with E-state index in [9.17, 15) is 4.79 Å². The minimum Gasteiger partial charge on any atom is -0.485 e. The van der Waals surface area contributed by atoms with E-state index in [-0.39, 0.29) is 11.7 Å². The van der Waals surface area contributed by atoms with Crippen molar-refractivity contribution in [1.82, 2.24) is 15.5 Å². The van der Waals surface area contributed by atoms with Crippen molar-refractivity contribution < 1.29 is 18.7 Å². The molecule has 0 bridgehead atoms. The van der Waals surface area contributed by atoms with Gasteiger partial charge in [-0.25, -0.2) is 0 Å². The number of ether oxygens (including phenoxy) is 2. The van der Waals surface area contributed by atoms with Gasteiger partial charge < -0.3 is 19.2 Å². The Hall–Kier alpha value is -2.22. The third-order valence-electron chi connectivity index (χ3n) is 4.25. The summed E-state index contributed by atoms with van der Waals surface area (Å²) in [5, 5.41) is 11.4. The largest absolute Gasteiger partial charge is 0.485 e. The minimum absolute atomic E-state index is 0.00262. The maximum atomic E-state index is 12.0. The molecule has 2 aromatic rings. The zero-order chi connectivity index (χ0) is 17.1. The average Bonchev–Trinajstić information content (AvgIpc) is 3.31. The molecule has 1 aliphatic carbocycles. The van der Waals surface area contributed by atoms with Gasteiger partial charge in [-0.3, -0.25) is 4.79 Å². The molecule has 1 atom stereocenters. The van der Waals surface area contributed by atoms with Gasteiger partial charge in [0.1, 0.15) is 6.61 Å². The summed E-state index contributed by atoms with van der Waals surface area (Å²) in [7, 11) is 0. The van der Waals surface area contributed by atoms with Gasteiger partial charge >= 0.3 is 0 Å². The van der Waals surface area contributed by atoms with Crippen LogP contribution in [0.5, 0.6) is 11.5 Å². The highest BCUT2D eigenvalue weighted by atomic mass is 32.2. The Morgan fingerprint density at radius 1 is 1.20 bits per heavy atom. The highest BCUT2D eigenvalue weighted by Gasteiger charge is 2.27. The second-order valence-electron chi connectivity index (χ2n) is 6.11. The molecule has 4 rings (SSSR count). The lowest BCUT2D eigenvalue weighted by Crippen LogP contribution is -2.33. The van der Waals surface area contributed by atoms with Crippen LogP contribution in [0.15, 0.2) is 33.9 Å². The minimum atomic E-state index is -0.441. The lowest BCUT2D eigenvalue weighted by Gasteiger charge is -2.23. The van der Waals surface area contributed by atoms with Crippen molar-refractivity contribution in [3.63, 3.8) is 0 Å². The van der Waals surface area contributed by atoms with Crippen LogP contribution in [0.2, 0.25) is 0 Å². The predicted octanol–water partition coefficient (Wildman–Crippen LogP) is 2.73. The highest BCUT2D eigenvalue weighted by Crippen LogP contribution is 2.35. The first-order chi connectivity index (χ1) is 12.3. The number of rotatable bonds is 5. The summed E-state index contributed by atoms with van der Waals surface area (Å²) in [6.45, 7) is 0.311. The van der Waals surface area contributed by atoms with Crippen molar-refractivity contribution in [3.8, 4) is 11.5 Å². The van der Waals surface area contributed by atoms with Gasteiger partial charge in [-0.15, -0.1) is 10.2 Å². The fraction of sp³-hybridized carbons (Fsp3) is 0.471. The first-order valence-electron chi connectivity index (χ1n) is 8.42. The van der Waals surface area contributed by atoms with E-state index in [1.54, 1.807) is 0 Å². The number of nitrogens with zero attached hydrogens (tertiary/aromatic N) is 2. The SMILES string of the molecule is O=C(CSc1nnc(C2COc3ccccc3O2)o1)NC1CCCC1. The van der Waals surface area contributed by atoms with Crippen LogP contribution in [0.4, 0.5) is 0 Å². The molecule has 1 unspecified atom stereocenters. The smallest absolute Gasteiger partial charge is 0.277 e. The van der Waals surface area contributed by atoms with Gasteiger partial charge in [-0.05, 0) is 25.0 Å². The molecule has 1 aromatic carbocycles. The van der Waals surface area contributed by atoms with E-state index >= 15 is 0 Å². The quantitative estimate of drug-likeness (QED) is 0.819. The summed E-state index contributed by atoms with van der Waals surface area (Å²) in [5.41, 5.74) is 0. The third kappa shape index (κ3) is 3.89. The number of amides is 1. The van der Waals surface area contributed by atoms with Crippen molar-refractivity contribution in [1.29, 1.82) is 0 Å². The van der Waals surface area contributed by atoms with Gasteiger partial charge in [0.25, 0.3) is 11.1 Å². The Morgan fingerprint density at radius 3 is 2.84 bits per heavy atom. The number of para-hydroxylation sites is 2. The van der Waals surface area contributed by atoms with Crippen LogP contribution >= 0.6 is 11.8 Å². The molecule has 1 aromatic heterocycles. The molecule has 1 fully saturated rings. The van der Waals surface area contributed by atoms with Crippen LogP contribution in [-0.4, -0.2) is 34.5 Å². The molecule has 0 radical (unpaired) electrons. The summed E-state index contributed by atoms with van der Waals surface area (Å²) < 4.78 is 17.1. The summed E-state index contributed by atoms with van der Waals surface area (Å²) in [4.78, 5) is 12.0. The summed E-state index contributed by atoms with van der Waals surface area (Å²) in [5.74, 6) is 1.98. The molecule has 0 saturated heterocycles. The molecule has 1 N–H and O–H groups in total. The fourth-order valence-corrected chi connectivity index (χ4v) is 3.60. The number of thioether (sulfide) groups is 1. The Balaban J connectivity index is 1.31. The normalized spacial score (nSPS) is 19.8. The Kier molecular flexibility index (Phi) is 4.78. The first kappa shape index (κ1) is 16.3. The van der Waals surface area contributed by atoms with E-state index in [4.69, 9.17) is 13.9 Å². The molecule has 2 aliphatic rings. The highest BCUT2D eigenvalue weighted by molar-refractivity contribution is 7.99. The number of hydrogen-bond acceptors (Lipinski definition) is 7. The van der Waals surface area contributed by atoms with Crippen LogP contribution in [0.25, 0.3) is 0 Å². The Bertz CT molecular complexity index is 745. The van der Waals surface area contributed by atoms with Gasteiger partial charge in [0.15, 0.2) is 11.5 Å². The first-order valence-corrected chi connectivity index (χ1v) is 9.40. The van der Waals surface area contributed by atoms with Crippen molar-refractivity contribution >= 4 is 17.7 Å². The maximum absolute atomic E-state index is 12.0. The molecule has 25 heavy (non-hydrogen) atoms. The molecule has 7 nitrogen and oxygen atoms in total. The van der Waals surface area contributed by atoms with E-state index in [0.717, 1.165) is 12.8 Å². The Morgan fingerprint density at radius 2 is 2.00 bits per heavy atom. The van der Waals surface area contributed by atoms with E-state index in [0.29, 0.717) is 35.3 Å². The zero-order valence-corrected chi connectivity index (χ0v) is 14.5. The average molecular weight is 361 g/mol. The topological polar surface area (TPSA) is 86.5 Å². The molecule has 2 heterocycles. The molecule has 1 saturated carbocycles. The number of aromatic nitrogens is 2. The van der Waals surface area contributed by atoms with Crippen molar-refractivity contribution in [3.05, 3.63) is 30.2 Å². The molecular weight excluding hydrogens is 342 g/mol. The van der Waals surface area contributed by atoms with Crippen molar-refractivity contribution in [2.75, 3.05) is 12.4 Å². The number of nitrogens with one attached hydrogen (secondary N) is 1. The predicted molar refractivity (Wildman–Crippen MR) is 90.7 cm³/mol. The monoisotopic (exact) mass is 361 g/mol. The summed E-state index contributed by atoms with van der Waals surface area (Å²) in [6.07, 6.45) is 4.09. The molecular formula is C17H19N3O4S. The van der Waals surface area contributed by atoms with Crippen molar-refractivity contribution in [2.24, 2.45) is 0 Å². The standard InChI is InChI=1S/C17H19N3O4S/c21-15(18-11-5-1-2-6-11)10-25-17-20-19-16(24-17)14-9-22-12-7-3-4-8-13(12)23-14/h3-4,7-8,11,14H,1-2,5-6,9-10H2,(H,18,21). The molecule has 8 heteroatoms. The van der Waals surface area contributed by atoms with Crippen LogP contribution in [0, 0.1) is 0 Å². The van der Waals surface area contributed by atoms with Gasteiger partial charge in [-0.1, -0.05) is 36.7 Å². The lowest BCUT2D eigenvalue weighted by atomic mass is 10.2. The molecule has 1 aliphatic heterocycles. The second kappa shape index (κ2) is 7.35. The number of carbonyl (C=O) groups excluding carboxylic acids is 1.